The molecule has 1 aromatic carbocycles. The lowest BCUT2D eigenvalue weighted by Gasteiger charge is -2.27. The zero-order valence-corrected chi connectivity index (χ0v) is 13.1. The predicted molar refractivity (Wildman–Crippen MR) is 84.1 cm³/mol. The van der Waals surface area contributed by atoms with E-state index >= 15 is 0 Å². The number of ether oxygens (including phenoxy) is 1. The molecule has 0 aromatic heterocycles. The molecule has 2 atom stereocenters. The van der Waals surface area contributed by atoms with Gasteiger partial charge >= 0.3 is 11.9 Å². The Hall–Kier alpha value is -2.37. The molecule has 0 spiro atoms. The van der Waals surface area contributed by atoms with Crippen LogP contribution in [-0.4, -0.2) is 29.6 Å². The number of aliphatic carboxylic acids is 1. The minimum Gasteiger partial charge on any atom is -0.481 e. The number of anilines is 1. The molecule has 2 N–H and O–H groups in total. The van der Waals surface area contributed by atoms with E-state index in [4.69, 9.17) is 4.74 Å². The molecule has 124 valence electrons. The quantitative estimate of drug-likeness (QED) is 0.814. The van der Waals surface area contributed by atoms with Crippen LogP contribution in [-0.2, 0) is 14.3 Å². The van der Waals surface area contributed by atoms with Crippen LogP contribution >= 0.6 is 0 Å². The fourth-order valence-corrected chi connectivity index (χ4v) is 2.88. The van der Waals surface area contributed by atoms with Gasteiger partial charge in [0.1, 0.15) is 0 Å². The van der Waals surface area contributed by atoms with Gasteiger partial charge in [0.05, 0.1) is 24.0 Å². The Kier molecular flexibility index (Phi) is 5.73. The Morgan fingerprint density at radius 2 is 1.74 bits per heavy atom. The lowest BCUT2D eigenvalue weighted by Crippen LogP contribution is -2.36. The Labute approximate surface area is 134 Å². The summed E-state index contributed by atoms with van der Waals surface area (Å²) in [6.07, 6.45) is 2.83. The van der Waals surface area contributed by atoms with Gasteiger partial charge < -0.3 is 15.2 Å². The molecule has 1 amide bonds. The first-order chi connectivity index (χ1) is 11.0. The lowest BCUT2D eigenvalue weighted by molar-refractivity contribution is -0.147. The zero-order chi connectivity index (χ0) is 16.8. The van der Waals surface area contributed by atoms with E-state index in [0.29, 0.717) is 30.7 Å². The molecular weight excluding hydrogens is 298 g/mol. The van der Waals surface area contributed by atoms with E-state index in [1.165, 1.54) is 0 Å². The van der Waals surface area contributed by atoms with E-state index in [1.807, 2.05) is 0 Å². The van der Waals surface area contributed by atoms with Crippen LogP contribution in [0.15, 0.2) is 24.3 Å². The third-order valence-electron chi connectivity index (χ3n) is 4.08. The first-order valence-corrected chi connectivity index (χ1v) is 7.83. The molecule has 6 heteroatoms. The molecule has 6 nitrogen and oxygen atoms in total. The number of carboxylic acid groups (broad SMARTS) is 1. The number of esters is 1. The molecule has 1 saturated carbocycles. The molecule has 23 heavy (non-hydrogen) atoms. The van der Waals surface area contributed by atoms with Crippen LogP contribution in [0.5, 0.6) is 0 Å². The van der Waals surface area contributed by atoms with Crippen LogP contribution in [0.4, 0.5) is 5.69 Å². The van der Waals surface area contributed by atoms with Gasteiger partial charge in [-0.1, -0.05) is 12.8 Å². The Morgan fingerprint density at radius 1 is 1.13 bits per heavy atom. The maximum absolute atomic E-state index is 12.3. The number of amides is 1. The minimum absolute atomic E-state index is 0.277. The average Bonchev–Trinajstić information content (AvgIpc) is 2.55. The van der Waals surface area contributed by atoms with Crippen molar-refractivity contribution in [3.05, 3.63) is 29.8 Å². The van der Waals surface area contributed by atoms with Crippen molar-refractivity contribution in [3.8, 4) is 0 Å². The van der Waals surface area contributed by atoms with Crippen molar-refractivity contribution in [1.29, 1.82) is 0 Å². The number of hydrogen-bond donors (Lipinski definition) is 2. The summed E-state index contributed by atoms with van der Waals surface area (Å²) >= 11 is 0. The second-order valence-electron chi connectivity index (χ2n) is 5.62. The number of carboxylic acids is 1. The van der Waals surface area contributed by atoms with Crippen molar-refractivity contribution in [2.75, 3.05) is 11.9 Å². The molecule has 1 fully saturated rings. The SMILES string of the molecule is CCOC(=O)c1ccc(NC(=O)[C@@H]2CCCC[C@@H]2C(=O)O)cc1. The molecule has 1 aromatic rings. The number of hydrogen-bond acceptors (Lipinski definition) is 4. The first-order valence-electron chi connectivity index (χ1n) is 7.83. The van der Waals surface area contributed by atoms with Crippen molar-refractivity contribution >= 4 is 23.5 Å². The summed E-state index contributed by atoms with van der Waals surface area (Å²) in [6, 6.07) is 6.37. The number of rotatable bonds is 5. The molecule has 2 rings (SSSR count). The van der Waals surface area contributed by atoms with Gasteiger partial charge in [-0.2, -0.15) is 0 Å². The van der Waals surface area contributed by atoms with E-state index in [2.05, 4.69) is 5.32 Å². The fraction of sp³-hybridized carbons (Fsp3) is 0.471. The monoisotopic (exact) mass is 319 g/mol. The maximum atomic E-state index is 12.3. The zero-order valence-electron chi connectivity index (χ0n) is 13.1. The van der Waals surface area contributed by atoms with Crippen LogP contribution in [0, 0.1) is 11.8 Å². The number of carbonyl (C=O) groups is 3. The highest BCUT2D eigenvalue weighted by molar-refractivity contribution is 5.96. The summed E-state index contributed by atoms with van der Waals surface area (Å²) < 4.78 is 4.89. The summed E-state index contributed by atoms with van der Waals surface area (Å²) in [4.78, 5) is 35.2. The third kappa shape index (κ3) is 4.31. The average molecular weight is 319 g/mol. The highest BCUT2D eigenvalue weighted by atomic mass is 16.5. The number of benzene rings is 1. The van der Waals surface area contributed by atoms with E-state index in [9.17, 15) is 19.5 Å². The summed E-state index contributed by atoms with van der Waals surface area (Å²) in [6.45, 7) is 2.03. The molecule has 0 aliphatic heterocycles. The molecule has 0 heterocycles. The Bertz CT molecular complexity index is 581. The third-order valence-corrected chi connectivity index (χ3v) is 4.08. The Morgan fingerprint density at radius 3 is 2.30 bits per heavy atom. The number of nitrogens with one attached hydrogen (secondary N) is 1. The largest absolute Gasteiger partial charge is 0.481 e. The summed E-state index contributed by atoms with van der Waals surface area (Å²) in [7, 11) is 0. The summed E-state index contributed by atoms with van der Waals surface area (Å²) in [5.41, 5.74) is 0.948. The van der Waals surface area contributed by atoms with Gasteiger partial charge in [0.15, 0.2) is 0 Å². The van der Waals surface area contributed by atoms with Gasteiger partial charge in [-0.25, -0.2) is 4.79 Å². The molecule has 0 radical (unpaired) electrons. The smallest absolute Gasteiger partial charge is 0.338 e. The fourth-order valence-electron chi connectivity index (χ4n) is 2.88. The predicted octanol–water partition coefficient (Wildman–Crippen LogP) is 2.69. The van der Waals surface area contributed by atoms with E-state index < -0.39 is 23.8 Å². The normalized spacial score (nSPS) is 20.6. The number of carbonyl (C=O) groups excluding carboxylic acids is 2. The first kappa shape index (κ1) is 17.0. The van der Waals surface area contributed by atoms with Gasteiger partial charge in [-0.05, 0) is 44.0 Å². The molecule has 1 aliphatic rings. The van der Waals surface area contributed by atoms with Gasteiger partial charge in [0.25, 0.3) is 0 Å². The standard InChI is InChI=1S/C17H21NO5/c1-2-23-17(22)11-7-9-12(10-8-11)18-15(19)13-5-3-4-6-14(13)16(20)21/h7-10,13-14H,2-6H2,1H3,(H,18,19)(H,20,21)/t13-,14+/m1/s1. The maximum Gasteiger partial charge on any atom is 0.338 e. The van der Waals surface area contributed by atoms with Crippen molar-refractivity contribution in [2.24, 2.45) is 11.8 Å². The van der Waals surface area contributed by atoms with Crippen molar-refractivity contribution in [3.63, 3.8) is 0 Å². The second-order valence-corrected chi connectivity index (χ2v) is 5.62. The van der Waals surface area contributed by atoms with Gasteiger partial charge in [-0.3, -0.25) is 9.59 Å². The van der Waals surface area contributed by atoms with Crippen LogP contribution in [0.25, 0.3) is 0 Å². The minimum atomic E-state index is -0.914. The van der Waals surface area contributed by atoms with Crippen molar-refractivity contribution in [2.45, 2.75) is 32.6 Å². The molecule has 0 unspecified atom stereocenters. The summed E-state index contributed by atoms with van der Waals surface area (Å²) in [5, 5.41) is 12.0. The van der Waals surface area contributed by atoms with Crippen LogP contribution in [0.3, 0.4) is 0 Å². The van der Waals surface area contributed by atoms with Crippen molar-refractivity contribution < 1.29 is 24.2 Å². The van der Waals surface area contributed by atoms with Gasteiger partial charge in [-0.15, -0.1) is 0 Å². The second kappa shape index (κ2) is 7.76. The van der Waals surface area contributed by atoms with E-state index in [0.717, 1.165) is 12.8 Å². The lowest BCUT2D eigenvalue weighted by atomic mass is 9.78. The molecule has 1 aliphatic carbocycles. The van der Waals surface area contributed by atoms with Crippen LogP contribution in [0.2, 0.25) is 0 Å². The van der Waals surface area contributed by atoms with Crippen LogP contribution in [0.1, 0.15) is 43.0 Å². The Balaban J connectivity index is 2.02. The summed E-state index contributed by atoms with van der Waals surface area (Å²) in [5.74, 6) is -2.74. The molecule has 0 bridgehead atoms. The van der Waals surface area contributed by atoms with Gasteiger partial charge in [0, 0.05) is 5.69 Å². The van der Waals surface area contributed by atoms with Crippen LogP contribution < -0.4 is 5.32 Å². The highest BCUT2D eigenvalue weighted by Gasteiger charge is 2.35. The van der Waals surface area contributed by atoms with E-state index in [1.54, 1.807) is 31.2 Å². The van der Waals surface area contributed by atoms with E-state index in [-0.39, 0.29) is 5.91 Å². The van der Waals surface area contributed by atoms with Crippen molar-refractivity contribution in [1.82, 2.24) is 0 Å². The topological polar surface area (TPSA) is 92.7 Å². The van der Waals surface area contributed by atoms with Gasteiger partial charge in [0.2, 0.25) is 5.91 Å². The molecule has 0 saturated heterocycles. The molecular formula is C17H21NO5. The highest BCUT2D eigenvalue weighted by Crippen LogP contribution is 2.31.